The first kappa shape index (κ1) is 16.8. The topological polar surface area (TPSA) is 124 Å². The van der Waals surface area contributed by atoms with Gasteiger partial charge in [0.15, 0.2) is 0 Å². The number of carboxylic acids is 1. The molecule has 0 aliphatic rings. The number of aliphatic hydroxyl groups excluding tert-OH is 1. The molecule has 122 valence electrons. The fourth-order valence-electron chi connectivity index (χ4n) is 1.89. The molecule has 0 saturated carbocycles. The Morgan fingerprint density at radius 1 is 0.958 bits per heavy atom. The molecule has 0 radical (unpaired) electrons. The van der Waals surface area contributed by atoms with Crippen LogP contribution in [0.1, 0.15) is 15.9 Å². The zero-order valence-electron chi connectivity index (χ0n) is 12.3. The molecule has 0 atom stereocenters. The van der Waals surface area contributed by atoms with Crippen LogP contribution in [0.3, 0.4) is 0 Å². The maximum Gasteiger partial charge on any atom is 0.376 e. The highest BCUT2D eigenvalue weighted by Gasteiger charge is 2.13. The van der Waals surface area contributed by atoms with E-state index in [0.29, 0.717) is 11.8 Å². The molecule has 0 unspecified atom stereocenters. The summed E-state index contributed by atoms with van der Waals surface area (Å²) in [6, 6.07) is 11.8. The molecule has 7 heteroatoms. The summed E-state index contributed by atoms with van der Waals surface area (Å²) in [5.74, 6) is -4.24. The van der Waals surface area contributed by atoms with Gasteiger partial charge in [0.2, 0.25) is 0 Å². The van der Waals surface area contributed by atoms with Crippen LogP contribution in [0.2, 0.25) is 0 Å². The number of hydrogen-bond donors (Lipinski definition) is 4. The molecule has 0 saturated heterocycles. The second-order valence-corrected chi connectivity index (χ2v) is 4.75. The van der Waals surface area contributed by atoms with Gasteiger partial charge in [0.05, 0.1) is 5.56 Å². The minimum atomic E-state index is -1.69. The Labute approximate surface area is 136 Å². The van der Waals surface area contributed by atoms with E-state index in [1.54, 1.807) is 12.1 Å². The summed E-state index contributed by atoms with van der Waals surface area (Å²) in [5.41, 5.74) is 0.520. The van der Waals surface area contributed by atoms with Crippen molar-refractivity contribution in [1.29, 1.82) is 0 Å². The Bertz CT molecular complexity index is 840. The number of nitrogens with one attached hydrogen (secondary N) is 1. The number of anilines is 1. The third kappa shape index (κ3) is 3.98. The lowest BCUT2D eigenvalue weighted by Crippen LogP contribution is -2.12. The number of rotatable bonds is 5. The van der Waals surface area contributed by atoms with Crippen LogP contribution in [0.5, 0.6) is 5.75 Å². The number of carbonyl (C=O) groups is 3. The summed E-state index contributed by atoms with van der Waals surface area (Å²) in [5, 5.41) is 30.5. The van der Waals surface area contributed by atoms with Crippen molar-refractivity contribution in [3.05, 3.63) is 65.7 Å². The Balaban J connectivity index is 2.22. The van der Waals surface area contributed by atoms with Gasteiger partial charge in [-0.2, -0.15) is 0 Å². The third-order valence-corrected chi connectivity index (χ3v) is 3.04. The molecule has 0 aromatic heterocycles. The molecule has 0 fully saturated rings. The molecule has 0 aliphatic heterocycles. The van der Waals surface area contributed by atoms with Crippen LogP contribution < -0.4 is 5.32 Å². The van der Waals surface area contributed by atoms with E-state index in [0.717, 1.165) is 0 Å². The summed E-state index contributed by atoms with van der Waals surface area (Å²) in [6.45, 7) is 0. The number of phenolic OH excluding ortho intramolecular Hbond substituents is 1. The van der Waals surface area contributed by atoms with Crippen molar-refractivity contribution in [2.75, 3.05) is 5.32 Å². The number of aliphatic carboxylic acids is 1. The number of hydrogen-bond acceptors (Lipinski definition) is 5. The van der Waals surface area contributed by atoms with Crippen molar-refractivity contribution < 1.29 is 29.7 Å². The summed E-state index contributed by atoms with van der Waals surface area (Å²) in [6.07, 6.45) is 0.576. The average molecular weight is 327 g/mol. The van der Waals surface area contributed by atoms with Gasteiger partial charge in [-0.15, -0.1) is 0 Å². The van der Waals surface area contributed by atoms with E-state index < -0.39 is 23.4 Å². The van der Waals surface area contributed by atoms with Gasteiger partial charge in [-0.3, -0.25) is 9.59 Å². The fraction of sp³-hybridized carbons (Fsp3) is 0. The predicted molar refractivity (Wildman–Crippen MR) is 85.8 cm³/mol. The molecule has 0 aliphatic carbocycles. The van der Waals surface area contributed by atoms with E-state index in [-0.39, 0.29) is 16.9 Å². The summed E-state index contributed by atoms with van der Waals surface area (Å²) in [7, 11) is 0. The van der Waals surface area contributed by atoms with Gasteiger partial charge in [-0.05, 0) is 24.3 Å². The molecule has 24 heavy (non-hydrogen) atoms. The van der Waals surface area contributed by atoms with Gasteiger partial charge in [0, 0.05) is 17.3 Å². The monoisotopic (exact) mass is 327 g/mol. The predicted octanol–water partition coefficient (Wildman–Crippen LogP) is 2.20. The molecule has 2 aromatic carbocycles. The number of benzene rings is 2. The van der Waals surface area contributed by atoms with Crippen molar-refractivity contribution in [1.82, 2.24) is 0 Å². The minimum absolute atomic E-state index is 0.0729. The highest BCUT2D eigenvalue weighted by molar-refractivity contribution is 6.38. The molecule has 0 spiro atoms. The van der Waals surface area contributed by atoms with Crippen molar-refractivity contribution >= 4 is 29.1 Å². The molecular weight excluding hydrogens is 314 g/mol. The van der Waals surface area contributed by atoms with Crippen LogP contribution >= 0.6 is 0 Å². The van der Waals surface area contributed by atoms with Crippen molar-refractivity contribution in [3.63, 3.8) is 0 Å². The zero-order chi connectivity index (χ0) is 17.7. The van der Waals surface area contributed by atoms with Gasteiger partial charge < -0.3 is 20.6 Å². The molecule has 0 bridgehead atoms. The van der Waals surface area contributed by atoms with Crippen LogP contribution in [0.15, 0.2) is 54.6 Å². The van der Waals surface area contributed by atoms with Crippen molar-refractivity contribution in [3.8, 4) is 5.75 Å². The highest BCUT2D eigenvalue weighted by Crippen LogP contribution is 2.20. The van der Waals surface area contributed by atoms with E-state index in [1.165, 1.54) is 36.4 Å². The second kappa shape index (κ2) is 7.10. The van der Waals surface area contributed by atoms with Crippen molar-refractivity contribution in [2.45, 2.75) is 0 Å². The number of phenols is 1. The molecule has 2 aromatic rings. The van der Waals surface area contributed by atoms with Crippen LogP contribution in [0, 0.1) is 0 Å². The number of aromatic hydroxyl groups is 1. The molecule has 1 amide bonds. The maximum atomic E-state index is 12.1. The first-order valence-electron chi connectivity index (χ1n) is 6.76. The van der Waals surface area contributed by atoms with Gasteiger partial charge in [0.25, 0.3) is 11.7 Å². The van der Waals surface area contributed by atoms with Crippen LogP contribution in [-0.4, -0.2) is 33.0 Å². The molecule has 0 heterocycles. The summed E-state index contributed by atoms with van der Waals surface area (Å²) < 4.78 is 0. The standard InChI is InChI=1S/C17H13NO6/c19-13-7-2-1-6-12(13)16(22)18-11-5-3-4-10(8-11)14(20)9-15(21)17(23)24/h1-9,19-20H,(H,18,22)(H,23,24). The lowest BCUT2D eigenvalue weighted by molar-refractivity contribution is -0.146. The Hall–Kier alpha value is -3.61. The number of carbonyl (C=O) groups excluding carboxylic acids is 2. The molecule has 7 nitrogen and oxygen atoms in total. The maximum absolute atomic E-state index is 12.1. The second-order valence-electron chi connectivity index (χ2n) is 4.75. The van der Waals surface area contributed by atoms with Crippen molar-refractivity contribution in [2.24, 2.45) is 0 Å². The van der Waals surface area contributed by atoms with Crippen LogP contribution in [0.25, 0.3) is 5.76 Å². The average Bonchev–Trinajstić information content (AvgIpc) is 2.55. The summed E-state index contributed by atoms with van der Waals surface area (Å²) in [4.78, 5) is 33.7. The number of amides is 1. The highest BCUT2D eigenvalue weighted by atomic mass is 16.4. The van der Waals surface area contributed by atoms with Gasteiger partial charge in [-0.25, -0.2) is 4.79 Å². The number of ketones is 1. The van der Waals surface area contributed by atoms with Crippen LogP contribution in [0.4, 0.5) is 5.69 Å². The quantitative estimate of drug-likeness (QED) is 0.379. The number of carboxylic acid groups (broad SMARTS) is 1. The lowest BCUT2D eigenvalue weighted by Gasteiger charge is -2.08. The largest absolute Gasteiger partial charge is 0.507 e. The van der Waals surface area contributed by atoms with E-state index in [2.05, 4.69) is 5.32 Å². The van der Waals surface area contributed by atoms with Gasteiger partial charge in [0.1, 0.15) is 11.5 Å². The van der Waals surface area contributed by atoms with Gasteiger partial charge in [-0.1, -0.05) is 24.3 Å². The molecular formula is C17H13NO6. The normalized spacial score (nSPS) is 10.9. The van der Waals surface area contributed by atoms with E-state index in [4.69, 9.17) is 5.11 Å². The Morgan fingerprint density at radius 2 is 1.67 bits per heavy atom. The third-order valence-electron chi connectivity index (χ3n) is 3.04. The summed E-state index contributed by atoms with van der Waals surface area (Å²) >= 11 is 0. The Morgan fingerprint density at radius 3 is 2.33 bits per heavy atom. The van der Waals surface area contributed by atoms with Crippen LogP contribution in [-0.2, 0) is 9.59 Å². The Kier molecular flexibility index (Phi) is 4.96. The smallest absolute Gasteiger partial charge is 0.376 e. The van der Waals surface area contributed by atoms with E-state index >= 15 is 0 Å². The van der Waals surface area contributed by atoms with Gasteiger partial charge >= 0.3 is 5.97 Å². The minimum Gasteiger partial charge on any atom is -0.507 e. The van der Waals surface area contributed by atoms with E-state index in [1.807, 2.05) is 0 Å². The first-order chi connectivity index (χ1) is 11.4. The number of aliphatic hydroxyl groups is 1. The number of para-hydroxylation sites is 1. The molecule has 2 rings (SSSR count). The first-order valence-corrected chi connectivity index (χ1v) is 6.76. The van der Waals surface area contributed by atoms with E-state index in [9.17, 15) is 24.6 Å². The molecule has 4 N–H and O–H groups in total. The SMILES string of the molecule is O=C(O)C(=O)C=C(O)c1cccc(NC(=O)c2ccccc2O)c1. The fourth-order valence-corrected chi connectivity index (χ4v) is 1.89. The lowest BCUT2D eigenvalue weighted by atomic mass is 10.1. The zero-order valence-corrected chi connectivity index (χ0v) is 12.3.